The van der Waals surface area contributed by atoms with Crippen molar-refractivity contribution in [2.24, 2.45) is 0 Å². The Morgan fingerprint density at radius 2 is 2.08 bits per heavy atom. The van der Waals surface area contributed by atoms with Crippen molar-refractivity contribution >= 4 is 17.4 Å². The Hall–Kier alpha value is -1.22. The minimum absolute atomic E-state index is 0.135. The van der Waals surface area contributed by atoms with Gasteiger partial charge in [0.1, 0.15) is 0 Å². The second-order valence-electron chi connectivity index (χ2n) is 2.72. The number of ketones is 1. The molecule has 2 N–H and O–H groups in total. The van der Waals surface area contributed by atoms with Gasteiger partial charge in [0, 0.05) is 5.56 Å². The number of carbonyl (C=O) groups excluding carboxylic acids is 1. The molecule has 0 radical (unpaired) electrons. The summed E-state index contributed by atoms with van der Waals surface area (Å²) in [6.07, 6.45) is 0. The molecule has 0 heterocycles. The van der Waals surface area contributed by atoms with E-state index >= 15 is 0 Å². The van der Waals surface area contributed by atoms with E-state index in [1.807, 2.05) is 0 Å². The zero-order valence-corrected chi connectivity index (χ0v) is 7.80. The highest BCUT2D eigenvalue weighted by Crippen LogP contribution is 2.29. The fourth-order valence-electron chi connectivity index (χ4n) is 0.999. The molecule has 1 aromatic carbocycles. The molecule has 1 aromatic rings. The molecule has 0 aromatic heterocycles. The van der Waals surface area contributed by atoms with Crippen molar-refractivity contribution < 1.29 is 15.0 Å². The zero-order chi connectivity index (χ0) is 10.0. The minimum Gasteiger partial charge on any atom is -0.504 e. The summed E-state index contributed by atoms with van der Waals surface area (Å²) in [4.78, 5) is 11.1. The third kappa shape index (κ3) is 1.92. The Morgan fingerprint density at radius 1 is 1.46 bits per heavy atom. The number of hydrogen-bond acceptors (Lipinski definition) is 3. The Kier molecular flexibility index (Phi) is 2.78. The number of benzene rings is 1. The summed E-state index contributed by atoms with van der Waals surface area (Å²) >= 11 is 5.34. The average molecular weight is 201 g/mol. The van der Waals surface area contributed by atoms with Crippen molar-refractivity contribution in [1.82, 2.24) is 0 Å². The smallest absolute Gasteiger partial charge is 0.177 e. The van der Waals surface area contributed by atoms with E-state index in [1.54, 1.807) is 6.92 Å². The number of carbonyl (C=O) groups is 1. The number of phenols is 2. The fraction of sp³-hybridized carbons (Fsp3) is 0.222. The van der Waals surface area contributed by atoms with Gasteiger partial charge in [0.15, 0.2) is 17.3 Å². The molecule has 0 saturated carbocycles. The van der Waals surface area contributed by atoms with Crippen LogP contribution < -0.4 is 0 Å². The molecule has 0 saturated heterocycles. The molecule has 13 heavy (non-hydrogen) atoms. The van der Waals surface area contributed by atoms with Gasteiger partial charge in [0.25, 0.3) is 0 Å². The van der Waals surface area contributed by atoms with Crippen molar-refractivity contribution in [3.8, 4) is 11.5 Å². The Morgan fingerprint density at radius 3 is 2.54 bits per heavy atom. The van der Waals surface area contributed by atoms with Gasteiger partial charge in [-0.15, -0.1) is 11.6 Å². The van der Waals surface area contributed by atoms with E-state index in [0.717, 1.165) is 0 Å². The van der Waals surface area contributed by atoms with Gasteiger partial charge >= 0.3 is 0 Å². The van der Waals surface area contributed by atoms with E-state index in [9.17, 15) is 15.0 Å². The Balaban J connectivity index is 3.20. The molecule has 0 amide bonds. The first kappa shape index (κ1) is 9.86. The van der Waals surface area contributed by atoms with Crippen LogP contribution in [0.3, 0.4) is 0 Å². The maximum Gasteiger partial charge on any atom is 0.177 e. The molecule has 0 aliphatic rings. The SMILES string of the molecule is Cc1cc(C(=O)CCl)cc(O)c1O. The van der Waals surface area contributed by atoms with Crippen molar-refractivity contribution in [2.75, 3.05) is 5.88 Å². The average Bonchev–Trinajstić information content (AvgIpc) is 2.12. The molecule has 0 bridgehead atoms. The normalized spacial score (nSPS) is 10.0. The van der Waals surface area contributed by atoms with Crippen LogP contribution >= 0.6 is 11.6 Å². The highest BCUT2D eigenvalue weighted by molar-refractivity contribution is 6.30. The standard InChI is InChI=1S/C9H9ClO3/c1-5-2-6(8(12)4-10)3-7(11)9(5)13/h2-3,11,13H,4H2,1H3. The van der Waals surface area contributed by atoms with Crippen molar-refractivity contribution in [1.29, 1.82) is 0 Å². The number of Topliss-reactive ketones (excluding diaryl/α,β-unsaturated/α-hetero) is 1. The lowest BCUT2D eigenvalue weighted by Gasteiger charge is -2.04. The van der Waals surface area contributed by atoms with Gasteiger partial charge in [0.2, 0.25) is 0 Å². The first-order valence-electron chi connectivity index (χ1n) is 3.68. The summed E-state index contributed by atoms with van der Waals surface area (Å²) in [5.41, 5.74) is 0.760. The van der Waals surface area contributed by atoms with Crippen molar-refractivity contribution in [3.05, 3.63) is 23.3 Å². The van der Waals surface area contributed by atoms with Crippen LogP contribution in [0.25, 0.3) is 0 Å². The summed E-state index contributed by atoms with van der Waals surface area (Å²) in [5, 5.41) is 18.4. The maximum atomic E-state index is 11.1. The Bertz CT molecular complexity index is 324. The van der Waals surface area contributed by atoms with Crippen LogP contribution in [0.4, 0.5) is 0 Å². The molecular formula is C9H9ClO3. The van der Waals surface area contributed by atoms with E-state index in [0.29, 0.717) is 11.1 Å². The summed E-state index contributed by atoms with van der Waals surface area (Å²) in [6, 6.07) is 2.69. The van der Waals surface area contributed by atoms with Crippen LogP contribution in [-0.4, -0.2) is 21.9 Å². The van der Waals surface area contributed by atoms with Gasteiger partial charge in [-0.05, 0) is 24.6 Å². The molecule has 0 fully saturated rings. The van der Waals surface area contributed by atoms with Crippen LogP contribution in [0.15, 0.2) is 12.1 Å². The lowest BCUT2D eigenvalue weighted by molar-refractivity contribution is 0.102. The monoisotopic (exact) mass is 200 g/mol. The van der Waals surface area contributed by atoms with Crippen molar-refractivity contribution in [2.45, 2.75) is 6.92 Å². The largest absolute Gasteiger partial charge is 0.504 e. The quantitative estimate of drug-likeness (QED) is 0.435. The number of rotatable bonds is 2. The number of hydrogen-bond donors (Lipinski definition) is 2. The molecule has 0 atom stereocenters. The predicted octanol–water partition coefficient (Wildman–Crippen LogP) is 1.83. The third-order valence-electron chi connectivity index (χ3n) is 1.72. The molecule has 1 rings (SSSR count). The van der Waals surface area contributed by atoms with Gasteiger partial charge in [-0.2, -0.15) is 0 Å². The predicted molar refractivity (Wildman–Crippen MR) is 49.6 cm³/mol. The molecule has 0 spiro atoms. The topological polar surface area (TPSA) is 57.5 Å². The second-order valence-corrected chi connectivity index (χ2v) is 2.98. The van der Waals surface area contributed by atoms with Crippen LogP contribution in [0, 0.1) is 6.92 Å². The third-order valence-corrected chi connectivity index (χ3v) is 1.97. The number of phenolic OH excluding ortho intramolecular Hbond substituents is 2. The number of aryl methyl sites for hydroxylation is 1. The van der Waals surface area contributed by atoms with Crippen LogP contribution in [-0.2, 0) is 0 Å². The number of alkyl halides is 1. The van der Waals surface area contributed by atoms with Gasteiger partial charge in [-0.25, -0.2) is 0 Å². The summed E-state index contributed by atoms with van der Waals surface area (Å²) < 4.78 is 0. The fourth-order valence-corrected chi connectivity index (χ4v) is 1.15. The molecule has 0 aliphatic heterocycles. The van der Waals surface area contributed by atoms with Crippen molar-refractivity contribution in [3.63, 3.8) is 0 Å². The molecule has 4 heteroatoms. The molecule has 3 nitrogen and oxygen atoms in total. The first-order chi connectivity index (χ1) is 6.06. The summed E-state index contributed by atoms with van der Waals surface area (Å²) in [7, 11) is 0. The van der Waals surface area contributed by atoms with Gasteiger partial charge in [-0.1, -0.05) is 0 Å². The van der Waals surface area contributed by atoms with E-state index < -0.39 is 0 Å². The van der Waals surface area contributed by atoms with Crippen LogP contribution in [0.2, 0.25) is 0 Å². The lowest BCUT2D eigenvalue weighted by Crippen LogP contribution is -2.00. The second kappa shape index (κ2) is 3.66. The van der Waals surface area contributed by atoms with E-state index in [1.165, 1.54) is 12.1 Å². The minimum atomic E-state index is -0.298. The van der Waals surface area contributed by atoms with Gasteiger partial charge in [-0.3, -0.25) is 4.79 Å². The summed E-state index contributed by atoms with van der Waals surface area (Å²) in [5.74, 6) is -0.913. The van der Waals surface area contributed by atoms with Gasteiger partial charge < -0.3 is 10.2 Å². The summed E-state index contributed by atoms with van der Waals surface area (Å²) in [6.45, 7) is 1.60. The van der Waals surface area contributed by atoms with E-state index in [-0.39, 0.29) is 23.2 Å². The molecule has 0 unspecified atom stereocenters. The highest BCUT2D eigenvalue weighted by Gasteiger charge is 2.10. The molecular weight excluding hydrogens is 192 g/mol. The van der Waals surface area contributed by atoms with Crippen LogP contribution in [0.5, 0.6) is 11.5 Å². The van der Waals surface area contributed by atoms with E-state index in [4.69, 9.17) is 11.6 Å². The number of halogens is 1. The maximum absolute atomic E-state index is 11.1. The number of aromatic hydroxyl groups is 2. The Labute approximate surface area is 80.6 Å². The van der Waals surface area contributed by atoms with Crippen LogP contribution in [0.1, 0.15) is 15.9 Å². The first-order valence-corrected chi connectivity index (χ1v) is 4.21. The van der Waals surface area contributed by atoms with Gasteiger partial charge in [0.05, 0.1) is 5.88 Å². The lowest BCUT2D eigenvalue weighted by atomic mass is 10.1. The highest BCUT2D eigenvalue weighted by atomic mass is 35.5. The zero-order valence-electron chi connectivity index (χ0n) is 7.04. The van der Waals surface area contributed by atoms with E-state index in [2.05, 4.69) is 0 Å². The molecule has 70 valence electrons. The molecule has 0 aliphatic carbocycles.